The van der Waals surface area contributed by atoms with Gasteiger partial charge < -0.3 is 135 Å². The highest BCUT2D eigenvalue weighted by Crippen LogP contribution is 2.39. The van der Waals surface area contributed by atoms with Gasteiger partial charge in [0.15, 0.2) is 0 Å². The topological polar surface area (TPSA) is 283 Å². The molecule has 0 amide bonds. The van der Waals surface area contributed by atoms with Crippen molar-refractivity contribution in [1.29, 1.82) is 0 Å². The number of hydrogen-bond acceptors (Lipinski definition) is 27. The van der Waals surface area contributed by atoms with E-state index in [4.69, 9.17) is 71.1 Å². The van der Waals surface area contributed by atoms with E-state index in [0.29, 0.717) is 6.61 Å². The van der Waals surface area contributed by atoms with Crippen molar-refractivity contribution in [3.63, 3.8) is 0 Å². The molecule has 0 saturated heterocycles. The maximum Gasteiger partial charge on any atom is 0.146 e. The van der Waals surface area contributed by atoms with E-state index in [2.05, 4.69) is 181 Å². The summed E-state index contributed by atoms with van der Waals surface area (Å²) >= 11 is 0. The highest BCUT2D eigenvalue weighted by Gasteiger charge is 2.26. The number of methoxy groups -OCH3 is 2. The van der Waals surface area contributed by atoms with Gasteiger partial charge in [-0.05, 0) is 236 Å². The van der Waals surface area contributed by atoms with Crippen molar-refractivity contribution < 1.29 is 71.1 Å². The van der Waals surface area contributed by atoms with Crippen molar-refractivity contribution in [3.8, 4) is 86.2 Å². The molecule has 12 aromatic carbocycles. The lowest BCUT2D eigenvalue weighted by atomic mass is 10.1. The van der Waals surface area contributed by atoms with Crippen molar-refractivity contribution in [2.75, 3.05) is 229 Å². The number of fused-ring (bicyclic) bond motifs is 12. The molecular weight excluding hydrogens is 1730 g/mol. The summed E-state index contributed by atoms with van der Waals surface area (Å²) in [7, 11) is 3.31. The SMILES string of the molecule is CC1(C)CNc2ccccc2O1.CC1CNc2ccccc2O1.CCOc1ccc2c(c1)OCCN2.COc1ccc2c(c1)NCCO2.COc1ccc2c(c1)OCCN2.Cc1cc(C)c2c(c1)NCCO2.Cc1ccc2c(c1)NCCO2.Cc1ccc2c(c1)OCCN2.Cc1cccc2c1NCCO2.Cc1cccc2c1OCCN2.c1ccc2c(c1)NCCCO2.c1ccc2c(c1)NCCO2. The summed E-state index contributed by atoms with van der Waals surface area (Å²) in [6.07, 6.45) is 1.36. The highest BCUT2D eigenvalue weighted by atomic mass is 16.5. The Morgan fingerprint density at radius 2 is 0.664 bits per heavy atom. The van der Waals surface area contributed by atoms with Crippen LogP contribution >= 0.6 is 0 Å². The van der Waals surface area contributed by atoms with Gasteiger partial charge in [0.1, 0.15) is 157 Å². The van der Waals surface area contributed by atoms with Crippen LogP contribution in [-0.2, 0) is 0 Å². The van der Waals surface area contributed by atoms with Gasteiger partial charge in [0, 0.05) is 83.6 Å². The summed E-state index contributed by atoms with van der Waals surface area (Å²) in [5.74, 6) is 14.0. The van der Waals surface area contributed by atoms with Crippen LogP contribution in [0.3, 0.4) is 0 Å². The maximum absolute atomic E-state index is 5.76. The van der Waals surface area contributed by atoms with Crippen LogP contribution in [0.2, 0.25) is 0 Å². The third-order valence-corrected chi connectivity index (χ3v) is 22.3. The quantitative estimate of drug-likeness (QED) is 0.0780. The fraction of sp³-hybridized carbons (Fsp3) is 0.345. The van der Waals surface area contributed by atoms with Gasteiger partial charge in [0.25, 0.3) is 0 Å². The molecule has 1 unspecified atom stereocenters. The minimum absolute atomic E-state index is 0.0889. The molecular formula is C110H136N12O15. The number of aryl methyl sites for hydroxylation is 6. The zero-order valence-corrected chi connectivity index (χ0v) is 81.2. The third kappa shape index (κ3) is 30.9. The Morgan fingerprint density at radius 3 is 1.25 bits per heavy atom. The molecule has 0 aromatic heterocycles. The Labute approximate surface area is 807 Å². The first-order valence-corrected chi connectivity index (χ1v) is 47.4. The van der Waals surface area contributed by atoms with Crippen LogP contribution in [0.4, 0.5) is 68.2 Å². The summed E-state index contributed by atoms with van der Waals surface area (Å²) in [4.78, 5) is 0. The minimum atomic E-state index is -0.0889. The van der Waals surface area contributed by atoms with Crippen molar-refractivity contribution >= 4 is 68.2 Å². The molecule has 0 fully saturated rings. The molecule has 27 heteroatoms. The lowest BCUT2D eigenvalue weighted by Gasteiger charge is -2.33. The zero-order chi connectivity index (χ0) is 95.8. The van der Waals surface area contributed by atoms with Crippen molar-refractivity contribution in [1.82, 2.24) is 0 Å². The second kappa shape index (κ2) is 52.2. The second-order valence-electron chi connectivity index (χ2n) is 33.8. The van der Waals surface area contributed by atoms with E-state index in [0.717, 1.165) is 306 Å². The van der Waals surface area contributed by atoms with Gasteiger partial charge in [-0.25, -0.2) is 0 Å². The molecule has 0 aliphatic carbocycles. The molecule has 24 rings (SSSR count). The molecule has 137 heavy (non-hydrogen) atoms. The molecule has 0 radical (unpaired) electrons. The van der Waals surface area contributed by atoms with Crippen molar-refractivity contribution in [2.24, 2.45) is 0 Å². The van der Waals surface area contributed by atoms with Gasteiger partial charge in [-0.15, -0.1) is 0 Å². The molecule has 27 nitrogen and oxygen atoms in total. The number of rotatable bonds is 4. The van der Waals surface area contributed by atoms with Crippen LogP contribution < -0.4 is 135 Å². The monoisotopic (exact) mass is 1870 g/mol. The van der Waals surface area contributed by atoms with E-state index in [9.17, 15) is 0 Å². The van der Waals surface area contributed by atoms with Gasteiger partial charge in [-0.2, -0.15) is 0 Å². The molecule has 1 atom stereocenters. The minimum Gasteiger partial charge on any atom is -0.497 e. The Hall–Kier alpha value is -14.8. The maximum atomic E-state index is 5.76. The van der Waals surface area contributed by atoms with Gasteiger partial charge in [0.05, 0.1) is 109 Å². The van der Waals surface area contributed by atoms with Crippen molar-refractivity contribution in [2.45, 2.75) is 87.4 Å². The van der Waals surface area contributed by atoms with Gasteiger partial charge in [-0.3, -0.25) is 0 Å². The van der Waals surface area contributed by atoms with Gasteiger partial charge in [-0.1, -0.05) is 91.0 Å². The van der Waals surface area contributed by atoms with E-state index in [1.54, 1.807) is 14.2 Å². The Morgan fingerprint density at radius 1 is 0.285 bits per heavy atom. The fourth-order valence-electron chi connectivity index (χ4n) is 15.5. The molecule has 12 heterocycles. The van der Waals surface area contributed by atoms with Crippen LogP contribution in [0.5, 0.6) is 86.2 Å². The zero-order valence-electron chi connectivity index (χ0n) is 81.2. The van der Waals surface area contributed by atoms with Gasteiger partial charge >= 0.3 is 0 Å². The van der Waals surface area contributed by atoms with Crippen molar-refractivity contribution in [3.05, 3.63) is 270 Å². The van der Waals surface area contributed by atoms with Gasteiger partial charge in [0.2, 0.25) is 0 Å². The fourth-order valence-corrected chi connectivity index (χ4v) is 15.5. The first-order valence-electron chi connectivity index (χ1n) is 47.4. The Balaban J connectivity index is 0.000000126. The molecule has 0 spiro atoms. The summed E-state index contributed by atoms with van der Waals surface area (Å²) in [5, 5.41) is 39.3. The summed E-state index contributed by atoms with van der Waals surface area (Å²) < 4.78 is 81.3. The summed E-state index contributed by atoms with van der Waals surface area (Å²) in [6, 6.07) is 78.3. The number of nitrogens with one attached hydrogen (secondary N) is 12. The standard InChI is InChI=1S/C10H13NO2.2C10H13NO.2C9H11NO2.6C9H11NO.C8H9NO/c1-2-12-8-3-4-9-10(7-8)13-6-5-11-9;1-7-5-8(2)10-9(6-7)11-3-4-12-10;1-10(2)7-11-8-5-3-4-6-9(8)12-10;1-11-7-2-3-9-8(6-7)10-4-5-12-9;1-11-7-2-3-8-9(6-7)12-5-4-10-8;1-7-2-3-9-8(6-7)10-4-5-11-9;1-7-2-3-8-9(6-7)11-5-4-10-8;1-7-3-2-4-8-9(7)10-5-6-11-8;1-7-3-2-4-8-9(7)11-6-5-10-8;1-7-6-10-8-4-2-3-5-9(8)11-7;1-2-5-9-8(4-1)10-6-3-7-11-9;1-2-4-8-7(3-1)9-5-6-10-8/h3-4,7,11H,2,5-6H2,1H3;5-6,11H,3-4H2,1-2H3;3-6,11H,7H2,1-2H3;2*2-3,6,10H,4-5H2,1H3;2*2-3,6,10H,4-5H2,1H3;2*2-4,10H,5-6H2,1H3;2-5,7,10H,6H2,1H3;1-2,4-5,10H,3,6-7H2;1-4,9H,5-6H2. The number of hydrogen-bond donors (Lipinski definition) is 12. The molecule has 12 aliphatic heterocycles. The number of anilines is 12. The molecule has 12 aromatic rings. The van der Waals surface area contributed by atoms with Crippen LogP contribution in [0, 0.1) is 41.5 Å². The van der Waals surface area contributed by atoms with Crippen LogP contribution in [0.25, 0.3) is 0 Å². The lowest BCUT2D eigenvalue weighted by molar-refractivity contribution is 0.116. The normalized spacial score (nSPS) is 15.5. The Bertz CT molecular complexity index is 5550. The molecule has 12 aliphatic rings. The highest BCUT2D eigenvalue weighted by molar-refractivity contribution is 5.68. The number of para-hydroxylation sites is 10. The summed E-state index contributed by atoms with van der Waals surface area (Å²) in [5.41, 5.74) is 20.5. The molecule has 0 bridgehead atoms. The smallest absolute Gasteiger partial charge is 0.146 e. The third-order valence-electron chi connectivity index (χ3n) is 22.3. The second-order valence-corrected chi connectivity index (χ2v) is 33.8. The van der Waals surface area contributed by atoms with E-state index in [1.165, 1.54) is 33.4 Å². The largest absolute Gasteiger partial charge is 0.497 e. The predicted molar refractivity (Wildman–Crippen MR) is 556 cm³/mol. The molecule has 0 saturated carbocycles. The van der Waals surface area contributed by atoms with E-state index in [-0.39, 0.29) is 11.7 Å². The van der Waals surface area contributed by atoms with Crippen LogP contribution in [0.1, 0.15) is 67.5 Å². The van der Waals surface area contributed by atoms with E-state index >= 15 is 0 Å². The Kier molecular flexibility index (Phi) is 38.0. The first-order chi connectivity index (χ1) is 66.9. The average Bonchev–Trinajstić information content (AvgIpc) is 1.03. The summed E-state index contributed by atoms with van der Waals surface area (Å²) in [6.45, 7) is 39.9. The average molecular weight is 1870 g/mol. The molecule has 12 N–H and O–H groups in total. The van der Waals surface area contributed by atoms with E-state index in [1.807, 2.05) is 189 Å². The van der Waals surface area contributed by atoms with Crippen LogP contribution in [-0.4, -0.2) is 177 Å². The predicted octanol–water partition coefficient (Wildman–Crippen LogP) is 21.7. The lowest BCUT2D eigenvalue weighted by Crippen LogP contribution is -2.39. The number of benzene rings is 12. The van der Waals surface area contributed by atoms with E-state index < -0.39 is 0 Å². The van der Waals surface area contributed by atoms with Crippen LogP contribution in [0.15, 0.2) is 237 Å². The number of ether oxygens (including phenoxy) is 15. The first kappa shape index (κ1) is 99.7. The molecule has 726 valence electrons.